The molecule has 0 bridgehead atoms. The van der Waals surface area contributed by atoms with Crippen LogP contribution in [0.2, 0.25) is 0 Å². The van der Waals surface area contributed by atoms with Crippen molar-refractivity contribution in [3.63, 3.8) is 0 Å². The maximum Gasteiger partial charge on any atom is 0.251 e. The van der Waals surface area contributed by atoms with Gasteiger partial charge in [-0.15, -0.1) is 0 Å². The van der Waals surface area contributed by atoms with Crippen LogP contribution in [-0.4, -0.2) is 35.0 Å². The van der Waals surface area contributed by atoms with E-state index in [-0.39, 0.29) is 22.1 Å². The first-order valence-corrected chi connectivity index (χ1v) is 8.90. The standard InChI is InChI=1S/C17H20N2O4S/c1-18-24(21,22)16-12-14(8-9-15(16)23-2)17(20)19-11-10-13-6-4-3-5-7-13/h3-9,12,18H,10-11H2,1-2H3,(H,19,20). The molecule has 0 unspecified atom stereocenters. The van der Waals surface area contributed by atoms with Crippen molar-refractivity contribution < 1.29 is 17.9 Å². The van der Waals surface area contributed by atoms with E-state index in [1.165, 1.54) is 32.4 Å². The van der Waals surface area contributed by atoms with Gasteiger partial charge in [-0.1, -0.05) is 30.3 Å². The number of hydrogen-bond acceptors (Lipinski definition) is 4. The molecule has 0 aliphatic heterocycles. The Labute approximate surface area is 141 Å². The lowest BCUT2D eigenvalue weighted by Gasteiger charge is -2.11. The number of carbonyl (C=O) groups is 1. The minimum Gasteiger partial charge on any atom is -0.495 e. The fourth-order valence-electron chi connectivity index (χ4n) is 2.21. The van der Waals surface area contributed by atoms with Crippen LogP contribution in [0.15, 0.2) is 53.4 Å². The Morgan fingerprint density at radius 1 is 1.12 bits per heavy atom. The maximum absolute atomic E-state index is 12.2. The molecule has 2 aromatic carbocycles. The van der Waals surface area contributed by atoms with Crippen LogP contribution >= 0.6 is 0 Å². The first-order valence-electron chi connectivity index (χ1n) is 7.41. The summed E-state index contributed by atoms with van der Waals surface area (Å²) in [6.07, 6.45) is 0.699. The summed E-state index contributed by atoms with van der Waals surface area (Å²) in [5.74, 6) is -0.147. The summed E-state index contributed by atoms with van der Waals surface area (Å²) in [7, 11) is -1.03. The molecule has 0 fully saturated rings. The molecular weight excluding hydrogens is 328 g/mol. The Balaban J connectivity index is 2.11. The zero-order valence-electron chi connectivity index (χ0n) is 13.6. The Morgan fingerprint density at radius 2 is 1.83 bits per heavy atom. The third kappa shape index (κ3) is 4.33. The van der Waals surface area contributed by atoms with Gasteiger partial charge in [0, 0.05) is 12.1 Å². The highest BCUT2D eigenvalue weighted by Crippen LogP contribution is 2.24. The highest BCUT2D eigenvalue weighted by Gasteiger charge is 2.20. The van der Waals surface area contributed by atoms with Gasteiger partial charge in [-0.05, 0) is 37.2 Å². The van der Waals surface area contributed by atoms with Gasteiger partial charge in [-0.25, -0.2) is 13.1 Å². The molecule has 0 aliphatic carbocycles. The largest absolute Gasteiger partial charge is 0.495 e. The van der Waals surface area contributed by atoms with E-state index in [0.717, 1.165) is 5.56 Å². The molecule has 1 amide bonds. The quantitative estimate of drug-likeness (QED) is 0.796. The van der Waals surface area contributed by atoms with Crippen molar-refractivity contribution in [2.45, 2.75) is 11.3 Å². The first-order chi connectivity index (χ1) is 11.5. The Kier molecular flexibility index (Phi) is 5.94. The number of nitrogens with one attached hydrogen (secondary N) is 2. The van der Waals surface area contributed by atoms with Gasteiger partial charge in [0.1, 0.15) is 10.6 Å². The average Bonchev–Trinajstić information content (AvgIpc) is 2.62. The van der Waals surface area contributed by atoms with E-state index < -0.39 is 10.0 Å². The predicted molar refractivity (Wildman–Crippen MR) is 91.7 cm³/mol. The van der Waals surface area contributed by atoms with Crippen molar-refractivity contribution >= 4 is 15.9 Å². The normalized spacial score (nSPS) is 11.1. The number of carbonyl (C=O) groups excluding carboxylic acids is 1. The molecule has 0 spiro atoms. The molecule has 0 saturated heterocycles. The van der Waals surface area contributed by atoms with Crippen molar-refractivity contribution in [1.29, 1.82) is 0 Å². The van der Waals surface area contributed by atoms with Crippen molar-refractivity contribution in [2.24, 2.45) is 0 Å². The van der Waals surface area contributed by atoms with Gasteiger partial charge in [0.25, 0.3) is 5.91 Å². The van der Waals surface area contributed by atoms with Crippen molar-refractivity contribution in [2.75, 3.05) is 20.7 Å². The molecule has 2 rings (SSSR count). The van der Waals surface area contributed by atoms with Gasteiger partial charge in [0.2, 0.25) is 10.0 Å². The Morgan fingerprint density at radius 3 is 2.46 bits per heavy atom. The maximum atomic E-state index is 12.2. The van der Waals surface area contributed by atoms with Crippen LogP contribution in [0.25, 0.3) is 0 Å². The topological polar surface area (TPSA) is 84.5 Å². The summed E-state index contributed by atoms with van der Waals surface area (Å²) in [5, 5.41) is 2.79. The second-order valence-electron chi connectivity index (χ2n) is 5.06. The van der Waals surface area contributed by atoms with Crippen molar-refractivity contribution in [3.05, 3.63) is 59.7 Å². The van der Waals surface area contributed by atoms with Gasteiger partial charge in [0.05, 0.1) is 7.11 Å². The third-order valence-electron chi connectivity index (χ3n) is 3.53. The van der Waals surface area contributed by atoms with Crippen LogP contribution in [0.3, 0.4) is 0 Å². The SMILES string of the molecule is CNS(=O)(=O)c1cc(C(=O)NCCc2ccccc2)ccc1OC. The van der Waals surface area contributed by atoms with Crippen LogP contribution in [0.5, 0.6) is 5.75 Å². The lowest BCUT2D eigenvalue weighted by molar-refractivity contribution is 0.0954. The molecule has 0 heterocycles. The van der Waals surface area contributed by atoms with Crippen LogP contribution in [-0.2, 0) is 16.4 Å². The molecule has 0 saturated carbocycles. The highest BCUT2D eigenvalue weighted by molar-refractivity contribution is 7.89. The number of amides is 1. The van der Waals surface area contributed by atoms with Gasteiger partial charge in [0.15, 0.2) is 0 Å². The fourth-order valence-corrected chi connectivity index (χ4v) is 3.12. The molecule has 0 atom stereocenters. The van der Waals surface area contributed by atoms with Gasteiger partial charge < -0.3 is 10.1 Å². The Bertz CT molecular complexity index is 805. The van der Waals surface area contributed by atoms with Crippen LogP contribution < -0.4 is 14.8 Å². The van der Waals surface area contributed by atoms with Crippen LogP contribution in [0, 0.1) is 0 Å². The summed E-state index contributed by atoms with van der Waals surface area (Å²) in [6.45, 7) is 0.461. The van der Waals surface area contributed by atoms with Crippen LogP contribution in [0.4, 0.5) is 0 Å². The Hall–Kier alpha value is -2.38. The van der Waals surface area contributed by atoms with E-state index in [0.29, 0.717) is 13.0 Å². The molecule has 6 nitrogen and oxygen atoms in total. The van der Waals surface area contributed by atoms with E-state index in [4.69, 9.17) is 4.74 Å². The number of ether oxygens (including phenoxy) is 1. The predicted octanol–water partition coefficient (Wildman–Crippen LogP) is 1.58. The number of benzene rings is 2. The summed E-state index contributed by atoms with van der Waals surface area (Å²) in [4.78, 5) is 12.2. The van der Waals surface area contributed by atoms with E-state index >= 15 is 0 Å². The molecule has 2 aromatic rings. The smallest absolute Gasteiger partial charge is 0.251 e. The van der Waals surface area contributed by atoms with Crippen LogP contribution in [0.1, 0.15) is 15.9 Å². The summed E-state index contributed by atoms with van der Waals surface area (Å²) >= 11 is 0. The molecule has 128 valence electrons. The van der Waals surface area contributed by atoms with E-state index in [9.17, 15) is 13.2 Å². The summed E-state index contributed by atoms with van der Waals surface area (Å²) in [5.41, 5.74) is 1.38. The highest BCUT2D eigenvalue weighted by atomic mass is 32.2. The second-order valence-corrected chi connectivity index (χ2v) is 6.92. The van der Waals surface area contributed by atoms with Crippen molar-refractivity contribution in [1.82, 2.24) is 10.0 Å². The van der Waals surface area contributed by atoms with E-state index in [2.05, 4.69) is 10.0 Å². The molecule has 7 heteroatoms. The molecule has 24 heavy (non-hydrogen) atoms. The molecule has 0 radical (unpaired) electrons. The molecule has 2 N–H and O–H groups in total. The second kappa shape index (κ2) is 7.94. The minimum atomic E-state index is -3.72. The molecule has 0 aromatic heterocycles. The zero-order chi connectivity index (χ0) is 17.6. The minimum absolute atomic E-state index is 0.0665. The number of hydrogen-bond donors (Lipinski definition) is 2. The molecule has 0 aliphatic rings. The van der Waals surface area contributed by atoms with Gasteiger partial charge in [-0.3, -0.25) is 4.79 Å². The fraction of sp³-hybridized carbons (Fsp3) is 0.235. The van der Waals surface area contributed by atoms with E-state index in [1.54, 1.807) is 0 Å². The number of sulfonamides is 1. The summed E-state index contributed by atoms with van der Waals surface area (Å²) < 4.78 is 31.3. The average molecular weight is 348 g/mol. The third-order valence-corrected chi connectivity index (χ3v) is 4.96. The van der Waals surface area contributed by atoms with Crippen molar-refractivity contribution in [3.8, 4) is 5.75 Å². The lowest BCUT2D eigenvalue weighted by atomic mass is 10.1. The van der Waals surface area contributed by atoms with Gasteiger partial charge in [-0.2, -0.15) is 0 Å². The number of methoxy groups -OCH3 is 1. The monoisotopic (exact) mass is 348 g/mol. The van der Waals surface area contributed by atoms with Gasteiger partial charge >= 0.3 is 0 Å². The lowest BCUT2D eigenvalue weighted by Crippen LogP contribution is -2.26. The van der Waals surface area contributed by atoms with E-state index in [1.807, 2.05) is 30.3 Å². The molecular formula is C17H20N2O4S. The summed E-state index contributed by atoms with van der Waals surface area (Å²) in [6, 6.07) is 14.1. The number of rotatable bonds is 7. The zero-order valence-corrected chi connectivity index (χ0v) is 14.4. The first kappa shape index (κ1) is 18.0.